The number of ether oxygens (including phenoxy) is 2. The second-order valence-electron chi connectivity index (χ2n) is 4.74. The van der Waals surface area contributed by atoms with Crippen LogP contribution in [0.15, 0.2) is 24.3 Å². The summed E-state index contributed by atoms with van der Waals surface area (Å²) in [6.07, 6.45) is 1.17. The third-order valence-corrected chi connectivity index (χ3v) is 3.25. The summed E-state index contributed by atoms with van der Waals surface area (Å²) < 4.78 is 10.9. The Hall–Kier alpha value is -1.75. The molecule has 112 valence electrons. The smallest absolute Gasteiger partial charge is 0.323 e. The van der Waals surface area contributed by atoms with Crippen molar-refractivity contribution >= 4 is 5.97 Å². The van der Waals surface area contributed by atoms with E-state index in [1.54, 1.807) is 14.0 Å². The summed E-state index contributed by atoms with van der Waals surface area (Å²) in [7, 11) is 1.65. The van der Waals surface area contributed by atoms with Crippen LogP contribution in [-0.2, 0) is 4.79 Å². The van der Waals surface area contributed by atoms with E-state index in [2.05, 4.69) is 5.32 Å². The highest BCUT2D eigenvalue weighted by Gasteiger charge is 2.30. The van der Waals surface area contributed by atoms with Gasteiger partial charge in [-0.2, -0.15) is 0 Å². The first-order valence-corrected chi connectivity index (χ1v) is 6.80. The highest BCUT2D eigenvalue weighted by atomic mass is 16.5. The highest BCUT2D eigenvalue weighted by Crippen LogP contribution is 2.18. The van der Waals surface area contributed by atoms with Gasteiger partial charge in [-0.15, -0.1) is 0 Å². The number of likely N-dealkylation sites (N-methyl/N-ethyl adjacent to an activating group) is 1. The molecular weight excluding hydrogens is 258 g/mol. The molecule has 0 aliphatic rings. The number of hydrogen-bond acceptors (Lipinski definition) is 4. The van der Waals surface area contributed by atoms with Gasteiger partial charge in [0.05, 0.1) is 13.2 Å². The van der Waals surface area contributed by atoms with Gasteiger partial charge in [0.2, 0.25) is 0 Å². The van der Waals surface area contributed by atoms with Crippen molar-refractivity contribution in [1.82, 2.24) is 5.32 Å². The zero-order valence-electron chi connectivity index (χ0n) is 12.3. The molecule has 1 rings (SSSR count). The van der Waals surface area contributed by atoms with E-state index in [-0.39, 0.29) is 0 Å². The lowest BCUT2D eigenvalue weighted by Crippen LogP contribution is -2.47. The van der Waals surface area contributed by atoms with Gasteiger partial charge in [0.25, 0.3) is 0 Å². The lowest BCUT2D eigenvalue weighted by Gasteiger charge is -2.23. The van der Waals surface area contributed by atoms with Crippen molar-refractivity contribution in [1.29, 1.82) is 0 Å². The number of rotatable bonds is 9. The van der Waals surface area contributed by atoms with Crippen LogP contribution in [0.25, 0.3) is 0 Å². The molecule has 1 atom stereocenters. The fourth-order valence-electron chi connectivity index (χ4n) is 1.75. The van der Waals surface area contributed by atoms with Gasteiger partial charge in [-0.05, 0) is 58.0 Å². The Bertz CT molecular complexity index is 418. The summed E-state index contributed by atoms with van der Waals surface area (Å²) in [5, 5.41) is 11.9. The zero-order chi connectivity index (χ0) is 15.0. The maximum Gasteiger partial charge on any atom is 0.323 e. The first-order chi connectivity index (χ1) is 9.51. The minimum Gasteiger partial charge on any atom is -0.494 e. The van der Waals surface area contributed by atoms with E-state index in [0.717, 1.165) is 11.5 Å². The molecule has 0 radical (unpaired) electrons. The third kappa shape index (κ3) is 4.74. The molecular formula is C15H23NO4. The van der Waals surface area contributed by atoms with Crippen LogP contribution in [-0.4, -0.2) is 36.9 Å². The van der Waals surface area contributed by atoms with Crippen LogP contribution in [0.5, 0.6) is 11.5 Å². The first kappa shape index (κ1) is 16.3. The molecule has 0 heterocycles. The number of aliphatic carboxylic acids is 1. The molecule has 0 aromatic heterocycles. The van der Waals surface area contributed by atoms with Crippen molar-refractivity contribution in [2.45, 2.75) is 32.2 Å². The molecule has 1 aromatic rings. The summed E-state index contributed by atoms with van der Waals surface area (Å²) in [4.78, 5) is 11.1. The zero-order valence-corrected chi connectivity index (χ0v) is 12.3. The Kier molecular flexibility index (Phi) is 6.31. The average Bonchev–Trinajstić information content (AvgIpc) is 2.45. The Morgan fingerprint density at radius 3 is 2.25 bits per heavy atom. The van der Waals surface area contributed by atoms with E-state index in [1.807, 2.05) is 31.2 Å². The Balaban J connectivity index is 2.35. The third-order valence-electron chi connectivity index (χ3n) is 3.25. The maximum atomic E-state index is 11.1. The minimum absolute atomic E-state index is 0.485. The number of carboxylic acids is 1. The molecule has 0 bridgehead atoms. The van der Waals surface area contributed by atoms with Gasteiger partial charge in [0.1, 0.15) is 17.0 Å². The van der Waals surface area contributed by atoms with Crippen LogP contribution in [0.2, 0.25) is 0 Å². The molecule has 1 unspecified atom stereocenters. The lowest BCUT2D eigenvalue weighted by molar-refractivity contribution is -0.144. The molecule has 0 spiro atoms. The summed E-state index contributed by atoms with van der Waals surface area (Å²) in [5.41, 5.74) is -0.901. The second kappa shape index (κ2) is 7.75. The lowest BCUT2D eigenvalue weighted by atomic mass is 9.96. The Morgan fingerprint density at radius 2 is 1.80 bits per heavy atom. The SMILES string of the molecule is CCOc1ccc(OCCCC(C)(NC)C(=O)O)cc1. The first-order valence-electron chi connectivity index (χ1n) is 6.80. The summed E-state index contributed by atoms with van der Waals surface area (Å²) >= 11 is 0. The van der Waals surface area contributed by atoms with Crippen molar-refractivity contribution in [2.24, 2.45) is 0 Å². The normalized spacial score (nSPS) is 13.6. The molecule has 0 fully saturated rings. The average molecular weight is 281 g/mol. The number of nitrogens with one attached hydrogen (secondary N) is 1. The quantitative estimate of drug-likeness (QED) is 0.680. The number of benzene rings is 1. The van der Waals surface area contributed by atoms with E-state index in [0.29, 0.717) is 26.1 Å². The Morgan fingerprint density at radius 1 is 1.25 bits per heavy atom. The van der Waals surface area contributed by atoms with Crippen molar-refractivity contribution in [2.75, 3.05) is 20.3 Å². The van der Waals surface area contributed by atoms with E-state index in [1.165, 1.54) is 0 Å². The molecule has 0 aliphatic carbocycles. The van der Waals surface area contributed by atoms with E-state index >= 15 is 0 Å². The van der Waals surface area contributed by atoms with Gasteiger partial charge < -0.3 is 19.9 Å². The molecule has 2 N–H and O–H groups in total. The van der Waals surface area contributed by atoms with Gasteiger partial charge >= 0.3 is 5.97 Å². The maximum absolute atomic E-state index is 11.1. The molecule has 0 saturated carbocycles. The van der Waals surface area contributed by atoms with Gasteiger partial charge in [0.15, 0.2) is 0 Å². The molecule has 5 nitrogen and oxygen atoms in total. The van der Waals surface area contributed by atoms with E-state index < -0.39 is 11.5 Å². The topological polar surface area (TPSA) is 67.8 Å². The molecule has 20 heavy (non-hydrogen) atoms. The molecule has 5 heteroatoms. The molecule has 1 aromatic carbocycles. The molecule has 0 amide bonds. The van der Waals surface area contributed by atoms with Crippen LogP contribution in [0.3, 0.4) is 0 Å². The second-order valence-corrected chi connectivity index (χ2v) is 4.74. The van der Waals surface area contributed by atoms with Crippen LogP contribution >= 0.6 is 0 Å². The van der Waals surface area contributed by atoms with Crippen LogP contribution < -0.4 is 14.8 Å². The highest BCUT2D eigenvalue weighted by molar-refractivity contribution is 5.78. The van der Waals surface area contributed by atoms with E-state index in [4.69, 9.17) is 14.6 Å². The van der Waals surface area contributed by atoms with Crippen LogP contribution in [0.4, 0.5) is 0 Å². The van der Waals surface area contributed by atoms with Crippen molar-refractivity contribution in [3.05, 3.63) is 24.3 Å². The Labute approximate surface area is 119 Å². The summed E-state index contributed by atoms with van der Waals surface area (Å²) in [6, 6.07) is 7.40. The van der Waals surface area contributed by atoms with Crippen molar-refractivity contribution in [3.8, 4) is 11.5 Å². The van der Waals surface area contributed by atoms with Gasteiger partial charge in [-0.25, -0.2) is 0 Å². The fourth-order valence-corrected chi connectivity index (χ4v) is 1.75. The number of hydrogen-bond donors (Lipinski definition) is 2. The molecule has 0 aliphatic heterocycles. The van der Waals surface area contributed by atoms with E-state index in [9.17, 15) is 4.79 Å². The minimum atomic E-state index is -0.901. The summed E-state index contributed by atoms with van der Waals surface area (Å²) in [5.74, 6) is 0.726. The van der Waals surface area contributed by atoms with Crippen molar-refractivity contribution < 1.29 is 19.4 Å². The predicted molar refractivity (Wildman–Crippen MR) is 77.4 cm³/mol. The predicted octanol–water partition coefficient (Wildman–Crippen LogP) is 2.31. The number of carboxylic acid groups (broad SMARTS) is 1. The van der Waals surface area contributed by atoms with Gasteiger partial charge in [-0.3, -0.25) is 4.79 Å². The summed E-state index contributed by atoms with van der Waals surface area (Å²) in [6.45, 7) is 4.73. The van der Waals surface area contributed by atoms with Crippen LogP contribution in [0.1, 0.15) is 26.7 Å². The van der Waals surface area contributed by atoms with Crippen molar-refractivity contribution in [3.63, 3.8) is 0 Å². The fraction of sp³-hybridized carbons (Fsp3) is 0.533. The monoisotopic (exact) mass is 281 g/mol. The van der Waals surface area contributed by atoms with Gasteiger partial charge in [0, 0.05) is 0 Å². The van der Waals surface area contributed by atoms with Gasteiger partial charge in [-0.1, -0.05) is 0 Å². The standard InChI is InChI=1S/C15H23NO4/c1-4-19-12-6-8-13(9-7-12)20-11-5-10-15(2,16-3)14(17)18/h6-9,16H,4-5,10-11H2,1-3H3,(H,17,18). The number of carbonyl (C=O) groups is 1. The largest absolute Gasteiger partial charge is 0.494 e. The molecule has 0 saturated heterocycles. The van der Waals surface area contributed by atoms with Crippen LogP contribution in [0, 0.1) is 0 Å².